The number of benzene rings is 1. The van der Waals surface area contributed by atoms with Crippen molar-refractivity contribution < 1.29 is 9.59 Å². The van der Waals surface area contributed by atoms with Crippen LogP contribution in [0.2, 0.25) is 0 Å². The minimum absolute atomic E-state index is 0.217. The van der Waals surface area contributed by atoms with E-state index >= 15 is 0 Å². The third-order valence-corrected chi connectivity index (χ3v) is 5.72. The number of nitrogens with two attached hydrogens (primary N) is 1. The van der Waals surface area contributed by atoms with Gasteiger partial charge in [0, 0.05) is 23.5 Å². The third kappa shape index (κ3) is 8.70. The van der Waals surface area contributed by atoms with Crippen LogP contribution in [0.3, 0.4) is 0 Å². The average Bonchev–Trinajstić information content (AvgIpc) is 3.15. The van der Waals surface area contributed by atoms with E-state index in [1.165, 1.54) is 51.4 Å². The van der Waals surface area contributed by atoms with Crippen molar-refractivity contribution in [1.82, 2.24) is 10.3 Å². The molecule has 0 aliphatic carbocycles. The van der Waals surface area contributed by atoms with Gasteiger partial charge in [-0.15, -0.1) is 0 Å². The summed E-state index contributed by atoms with van der Waals surface area (Å²) in [6, 6.07) is 7.18. The highest BCUT2D eigenvalue weighted by Crippen LogP contribution is 2.18. The molecular formula is C25H39N3O2. The number of aromatic amines is 1. The number of carbonyl (C=O) groups is 2. The Morgan fingerprint density at radius 2 is 1.53 bits per heavy atom. The van der Waals surface area contributed by atoms with Crippen molar-refractivity contribution in [3.8, 4) is 0 Å². The second-order valence-corrected chi connectivity index (χ2v) is 8.37. The fraction of sp³-hybridized carbons (Fsp3) is 0.600. The van der Waals surface area contributed by atoms with Gasteiger partial charge in [0.1, 0.15) is 0 Å². The van der Waals surface area contributed by atoms with Crippen molar-refractivity contribution in [3.05, 3.63) is 36.0 Å². The number of fused-ring (bicyclic) bond motifs is 1. The number of hydrogen-bond donors (Lipinski definition) is 3. The molecule has 0 bridgehead atoms. The fourth-order valence-corrected chi connectivity index (χ4v) is 3.87. The second-order valence-electron chi connectivity index (χ2n) is 8.37. The molecule has 5 nitrogen and oxygen atoms in total. The molecule has 4 N–H and O–H groups in total. The Kier molecular flexibility index (Phi) is 11.2. The number of aromatic nitrogens is 1. The zero-order chi connectivity index (χ0) is 21.6. The van der Waals surface area contributed by atoms with E-state index in [9.17, 15) is 9.59 Å². The predicted octanol–water partition coefficient (Wildman–Crippen LogP) is 5.38. The van der Waals surface area contributed by atoms with E-state index in [-0.39, 0.29) is 5.91 Å². The molecule has 2 amide bonds. The summed E-state index contributed by atoms with van der Waals surface area (Å²) in [6.45, 7) is 2.25. The molecule has 1 heterocycles. The summed E-state index contributed by atoms with van der Waals surface area (Å²) < 4.78 is 0. The van der Waals surface area contributed by atoms with Gasteiger partial charge in [0.05, 0.1) is 6.04 Å². The SMILES string of the molecule is CCCCCCCCCCCCCC(=O)NC(=O)[C@@H](N)Cc1c[nH]c2ccccc12. The predicted molar refractivity (Wildman–Crippen MR) is 124 cm³/mol. The molecule has 0 aliphatic rings. The Hall–Kier alpha value is -2.14. The standard InChI is InChI=1S/C25H39N3O2/c1-2-3-4-5-6-7-8-9-10-11-12-17-24(29)28-25(30)22(26)18-20-19-27-23-16-14-13-15-21(20)23/h13-16,19,22,27H,2-12,17-18,26H2,1H3,(H,28,29,30)/t22-/m0/s1. The van der Waals surface area contributed by atoms with Gasteiger partial charge in [-0.1, -0.05) is 89.3 Å². The highest BCUT2D eigenvalue weighted by Gasteiger charge is 2.18. The van der Waals surface area contributed by atoms with E-state index in [2.05, 4.69) is 17.2 Å². The maximum absolute atomic E-state index is 12.2. The largest absolute Gasteiger partial charge is 0.361 e. The van der Waals surface area contributed by atoms with Gasteiger partial charge in [0.2, 0.25) is 11.8 Å². The summed E-state index contributed by atoms with van der Waals surface area (Å²) in [5, 5.41) is 3.53. The molecule has 0 saturated heterocycles. The van der Waals surface area contributed by atoms with Gasteiger partial charge in [-0.25, -0.2) is 0 Å². The number of nitrogens with one attached hydrogen (secondary N) is 2. The number of H-pyrrole nitrogens is 1. The molecule has 0 fully saturated rings. The lowest BCUT2D eigenvalue weighted by atomic mass is 10.0. The molecule has 2 aromatic rings. The number of imide groups is 1. The number of amides is 2. The molecule has 0 aliphatic heterocycles. The van der Waals surface area contributed by atoms with Crippen molar-refractivity contribution in [2.75, 3.05) is 0 Å². The summed E-state index contributed by atoms with van der Waals surface area (Å²) >= 11 is 0. The molecule has 0 saturated carbocycles. The van der Waals surface area contributed by atoms with Crippen LogP contribution >= 0.6 is 0 Å². The number of rotatable bonds is 15. The number of carbonyl (C=O) groups excluding carboxylic acids is 2. The molecule has 2 rings (SSSR count). The Balaban J connectivity index is 1.53. The normalized spacial score (nSPS) is 12.2. The maximum Gasteiger partial charge on any atom is 0.243 e. The van der Waals surface area contributed by atoms with Gasteiger partial charge in [-0.3, -0.25) is 14.9 Å². The van der Waals surface area contributed by atoms with Crippen LogP contribution in [0.4, 0.5) is 0 Å². The van der Waals surface area contributed by atoms with Crippen molar-refractivity contribution >= 4 is 22.7 Å². The lowest BCUT2D eigenvalue weighted by Crippen LogP contribution is -2.44. The first-order chi connectivity index (χ1) is 14.6. The van der Waals surface area contributed by atoms with Crippen LogP contribution in [0, 0.1) is 0 Å². The van der Waals surface area contributed by atoms with Gasteiger partial charge in [0.25, 0.3) is 0 Å². The van der Waals surface area contributed by atoms with Gasteiger partial charge < -0.3 is 10.7 Å². The highest BCUT2D eigenvalue weighted by atomic mass is 16.2. The molecule has 5 heteroatoms. The Morgan fingerprint density at radius 1 is 0.933 bits per heavy atom. The van der Waals surface area contributed by atoms with Crippen molar-refractivity contribution in [2.45, 2.75) is 96.4 Å². The minimum atomic E-state index is -0.731. The molecule has 1 aromatic carbocycles. The molecule has 0 unspecified atom stereocenters. The van der Waals surface area contributed by atoms with Gasteiger partial charge in [-0.05, 0) is 24.5 Å². The van der Waals surface area contributed by atoms with Crippen LogP contribution in [0.5, 0.6) is 0 Å². The van der Waals surface area contributed by atoms with E-state index in [0.717, 1.165) is 35.7 Å². The van der Waals surface area contributed by atoms with E-state index in [1.54, 1.807) is 0 Å². The topological polar surface area (TPSA) is 88.0 Å². The zero-order valence-electron chi connectivity index (χ0n) is 18.6. The summed E-state index contributed by atoms with van der Waals surface area (Å²) in [7, 11) is 0. The van der Waals surface area contributed by atoms with Crippen LogP contribution in [0.15, 0.2) is 30.5 Å². The second kappa shape index (κ2) is 14.0. The maximum atomic E-state index is 12.2. The monoisotopic (exact) mass is 413 g/mol. The fourth-order valence-electron chi connectivity index (χ4n) is 3.87. The van der Waals surface area contributed by atoms with Crippen LogP contribution in [-0.2, 0) is 16.0 Å². The Labute approximate surface area is 181 Å². The minimum Gasteiger partial charge on any atom is -0.361 e. The lowest BCUT2D eigenvalue weighted by molar-refractivity contribution is -0.131. The van der Waals surface area contributed by atoms with Crippen molar-refractivity contribution in [3.63, 3.8) is 0 Å². The molecule has 0 spiro atoms. The van der Waals surface area contributed by atoms with E-state index in [0.29, 0.717) is 12.8 Å². The molecular weight excluding hydrogens is 374 g/mol. The number of para-hydroxylation sites is 1. The van der Waals surface area contributed by atoms with E-state index in [4.69, 9.17) is 5.73 Å². The summed E-state index contributed by atoms with van der Waals surface area (Å²) in [5.74, 6) is -0.612. The van der Waals surface area contributed by atoms with E-state index in [1.807, 2.05) is 30.5 Å². The number of hydrogen-bond acceptors (Lipinski definition) is 3. The van der Waals surface area contributed by atoms with Gasteiger partial charge >= 0.3 is 0 Å². The van der Waals surface area contributed by atoms with Gasteiger partial charge in [-0.2, -0.15) is 0 Å². The summed E-state index contributed by atoms with van der Waals surface area (Å²) in [5.41, 5.74) is 8.04. The van der Waals surface area contributed by atoms with Crippen LogP contribution in [0.25, 0.3) is 10.9 Å². The first-order valence-electron chi connectivity index (χ1n) is 11.8. The molecule has 0 radical (unpaired) electrons. The summed E-state index contributed by atoms with van der Waals surface area (Å²) in [4.78, 5) is 27.5. The lowest BCUT2D eigenvalue weighted by Gasteiger charge is -2.11. The van der Waals surface area contributed by atoms with Crippen LogP contribution < -0.4 is 11.1 Å². The summed E-state index contributed by atoms with van der Waals surface area (Å²) in [6.07, 6.45) is 16.3. The molecule has 30 heavy (non-hydrogen) atoms. The zero-order valence-corrected chi connectivity index (χ0v) is 18.6. The Bertz CT molecular complexity index is 769. The Morgan fingerprint density at radius 3 is 2.20 bits per heavy atom. The van der Waals surface area contributed by atoms with Crippen molar-refractivity contribution in [2.24, 2.45) is 5.73 Å². The van der Waals surface area contributed by atoms with Crippen LogP contribution in [0.1, 0.15) is 89.5 Å². The first kappa shape index (κ1) is 24.1. The smallest absolute Gasteiger partial charge is 0.243 e. The first-order valence-corrected chi connectivity index (χ1v) is 11.8. The van der Waals surface area contributed by atoms with Crippen molar-refractivity contribution in [1.29, 1.82) is 0 Å². The van der Waals surface area contributed by atoms with Crippen LogP contribution in [-0.4, -0.2) is 22.8 Å². The van der Waals surface area contributed by atoms with E-state index < -0.39 is 11.9 Å². The highest BCUT2D eigenvalue weighted by molar-refractivity contribution is 5.98. The number of unbranched alkanes of at least 4 members (excludes halogenated alkanes) is 10. The average molecular weight is 414 g/mol. The van der Waals surface area contributed by atoms with Gasteiger partial charge in [0.15, 0.2) is 0 Å². The molecule has 1 aromatic heterocycles. The third-order valence-electron chi connectivity index (χ3n) is 5.72. The quantitative estimate of drug-likeness (QED) is 0.342. The molecule has 166 valence electrons. The molecule has 1 atom stereocenters.